The highest BCUT2D eigenvalue weighted by Crippen LogP contribution is 2.37. The first kappa shape index (κ1) is 26.7. The number of fused-ring (bicyclic) bond motifs is 1. The van der Waals surface area contributed by atoms with Crippen LogP contribution in [0.2, 0.25) is 0 Å². The smallest absolute Gasteiger partial charge is 0.419 e. The van der Waals surface area contributed by atoms with Gasteiger partial charge in [-0.3, -0.25) is 4.79 Å². The van der Waals surface area contributed by atoms with E-state index in [4.69, 9.17) is 4.74 Å². The quantitative estimate of drug-likeness (QED) is 0.388. The van der Waals surface area contributed by atoms with Crippen LogP contribution in [-0.2, 0) is 36.7 Å². The number of hydrogen-bond acceptors (Lipinski definition) is 7. The van der Waals surface area contributed by atoms with Crippen LogP contribution in [0.5, 0.6) is 5.75 Å². The van der Waals surface area contributed by atoms with Crippen LogP contribution in [0.25, 0.3) is 0 Å². The fourth-order valence-electron chi connectivity index (χ4n) is 5.19. The van der Waals surface area contributed by atoms with Gasteiger partial charge >= 0.3 is 6.18 Å². The van der Waals surface area contributed by atoms with Crippen molar-refractivity contribution in [3.05, 3.63) is 64.5 Å². The number of nitrogens with zero attached hydrogens (tertiary/aromatic N) is 3. The molecule has 0 unspecified atom stereocenters. The van der Waals surface area contributed by atoms with Gasteiger partial charge in [0.1, 0.15) is 5.75 Å². The number of hydrogen-bond donors (Lipinski definition) is 3. The predicted octanol–water partition coefficient (Wildman–Crippen LogP) is 4.50. The van der Waals surface area contributed by atoms with Gasteiger partial charge in [-0.05, 0) is 48.1 Å². The van der Waals surface area contributed by atoms with Crippen LogP contribution in [0, 0.1) is 0 Å². The minimum absolute atomic E-state index is 0.0377. The third kappa shape index (κ3) is 5.78. The number of nitrogens with one attached hydrogen (secondary N) is 3. The van der Waals surface area contributed by atoms with E-state index in [0.717, 1.165) is 61.2 Å². The number of methoxy groups -OCH3 is 1. The number of carbonyl (C=O) groups is 1. The van der Waals surface area contributed by atoms with Crippen LogP contribution in [-0.4, -0.2) is 49.2 Å². The van der Waals surface area contributed by atoms with Crippen LogP contribution in [0.1, 0.15) is 34.9 Å². The van der Waals surface area contributed by atoms with E-state index in [9.17, 15) is 18.0 Å². The molecule has 1 fully saturated rings. The molecular weight excluding hydrogens is 509 g/mol. The van der Waals surface area contributed by atoms with Gasteiger partial charge < -0.3 is 25.6 Å². The Morgan fingerprint density at radius 3 is 2.64 bits per heavy atom. The summed E-state index contributed by atoms with van der Waals surface area (Å²) in [5, 5.41) is 9.22. The highest BCUT2D eigenvalue weighted by molar-refractivity contribution is 5.99. The molecule has 206 valence electrons. The first-order valence-corrected chi connectivity index (χ1v) is 13.0. The molecule has 5 rings (SSSR count). The standard InChI is InChI=1S/C28H31F3N6O2/c1-3-17-13-23(25(39-2)15-24(17)37-11-9-32-10-12-37)36-27-33-16-20(28(29,30)31)22(35-27)8-7-18-5-4-6-21-19(18)14-26(38)34-21/h4-6,13,15-16,32H,3,7-12,14H2,1-2H3,(H,34,38)(H,33,35,36). The maximum atomic E-state index is 13.9. The SMILES string of the molecule is CCc1cc(Nc2ncc(C(F)(F)F)c(CCc3cccc4c3CC(=O)N4)n2)c(OC)cc1N1CCNCC1. The number of halogens is 3. The van der Waals surface area contributed by atoms with Crippen molar-refractivity contribution in [3.63, 3.8) is 0 Å². The summed E-state index contributed by atoms with van der Waals surface area (Å²) in [5.41, 5.74) is 4.14. The molecule has 0 saturated carbocycles. The van der Waals surface area contributed by atoms with Gasteiger partial charge in [-0.1, -0.05) is 19.1 Å². The normalized spacial score (nSPS) is 15.2. The minimum Gasteiger partial charge on any atom is -0.494 e. The molecule has 0 bridgehead atoms. The average molecular weight is 541 g/mol. The van der Waals surface area contributed by atoms with Crippen LogP contribution in [0.4, 0.5) is 36.2 Å². The molecule has 0 radical (unpaired) electrons. The number of rotatable bonds is 8. The van der Waals surface area contributed by atoms with Gasteiger partial charge in [0.15, 0.2) is 0 Å². The fourth-order valence-corrected chi connectivity index (χ4v) is 5.19. The van der Waals surface area contributed by atoms with E-state index in [2.05, 4.69) is 37.7 Å². The summed E-state index contributed by atoms with van der Waals surface area (Å²) in [5.74, 6) is 0.497. The van der Waals surface area contributed by atoms with Crippen molar-refractivity contribution in [3.8, 4) is 5.75 Å². The van der Waals surface area contributed by atoms with Crippen LogP contribution in [0.15, 0.2) is 36.5 Å². The van der Waals surface area contributed by atoms with Crippen molar-refractivity contribution in [2.75, 3.05) is 48.8 Å². The minimum atomic E-state index is -4.60. The van der Waals surface area contributed by atoms with E-state index < -0.39 is 11.7 Å². The van der Waals surface area contributed by atoms with Crippen molar-refractivity contribution in [1.29, 1.82) is 0 Å². The number of ether oxygens (including phenoxy) is 1. The molecule has 0 spiro atoms. The maximum Gasteiger partial charge on any atom is 0.419 e. The lowest BCUT2D eigenvalue weighted by Crippen LogP contribution is -2.43. The summed E-state index contributed by atoms with van der Waals surface area (Å²) < 4.78 is 47.2. The van der Waals surface area contributed by atoms with Crippen molar-refractivity contribution in [1.82, 2.24) is 15.3 Å². The summed E-state index contributed by atoms with van der Waals surface area (Å²) in [7, 11) is 1.56. The second-order valence-electron chi connectivity index (χ2n) is 9.62. The molecule has 11 heteroatoms. The molecule has 3 N–H and O–H groups in total. The van der Waals surface area contributed by atoms with E-state index >= 15 is 0 Å². The molecule has 1 amide bonds. The van der Waals surface area contributed by atoms with Crippen molar-refractivity contribution in [2.24, 2.45) is 0 Å². The number of piperazine rings is 1. The Balaban J connectivity index is 1.43. The number of alkyl halides is 3. The molecule has 2 aliphatic rings. The average Bonchev–Trinajstić information content (AvgIpc) is 3.32. The number of anilines is 4. The van der Waals surface area contributed by atoms with Crippen LogP contribution < -0.4 is 25.6 Å². The number of carbonyl (C=O) groups excluding carboxylic acids is 1. The van der Waals surface area contributed by atoms with Crippen LogP contribution >= 0.6 is 0 Å². The lowest BCUT2D eigenvalue weighted by Gasteiger charge is -2.32. The Bertz CT molecular complexity index is 1370. The zero-order valence-corrected chi connectivity index (χ0v) is 21.9. The molecule has 2 aromatic carbocycles. The molecule has 1 aromatic heterocycles. The zero-order chi connectivity index (χ0) is 27.6. The number of amides is 1. The molecule has 2 aliphatic heterocycles. The second-order valence-corrected chi connectivity index (χ2v) is 9.62. The van der Waals surface area contributed by atoms with E-state index in [1.807, 2.05) is 18.2 Å². The summed E-state index contributed by atoms with van der Waals surface area (Å²) in [6, 6.07) is 9.34. The molecule has 39 heavy (non-hydrogen) atoms. The molecular formula is C28H31F3N6O2. The van der Waals surface area contributed by atoms with Crippen molar-refractivity contribution >= 4 is 28.9 Å². The third-order valence-corrected chi connectivity index (χ3v) is 7.17. The zero-order valence-electron chi connectivity index (χ0n) is 21.9. The van der Waals surface area contributed by atoms with Gasteiger partial charge in [-0.2, -0.15) is 13.2 Å². The Hall–Kier alpha value is -3.86. The van der Waals surface area contributed by atoms with Gasteiger partial charge in [0, 0.05) is 49.8 Å². The Morgan fingerprint density at radius 1 is 1.13 bits per heavy atom. The largest absolute Gasteiger partial charge is 0.494 e. The van der Waals surface area contributed by atoms with Crippen LogP contribution in [0.3, 0.4) is 0 Å². The maximum absolute atomic E-state index is 13.9. The first-order valence-electron chi connectivity index (χ1n) is 13.0. The van der Waals surface area contributed by atoms with Gasteiger partial charge in [0.25, 0.3) is 0 Å². The highest BCUT2D eigenvalue weighted by Gasteiger charge is 2.35. The lowest BCUT2D eigenvalue weighted by molar-refractivity contribution is -0.138. The molecule has 0 atom stereocenters. The molecule has 8 nitrogen and oxygen atoms in total. The van der Waals surface area contributed by atoms with Crippen molar-refractivity contribution in [2.45, 2.75) is 38.8 Å². The third-order valence-electron chi connectivity index (χ3n) is 7.17. The second kappa shape index (κ2) is 11.1. The highest BCUT2D eigenvalue weighted by atomic mass is 19.4. The van der Waals surface area contributed by atoms with Crippen molar-refractivity contribution < 1.29 is 22.7 Å². The number of aromatic nitrogens is 2. The Kier molecular flexibility index (Phi) is 7.60. The summed E-state index contributed by atoms with van der Waals surface area (Å²) in [6.07, 6.45) is -2.43. The monoisotopic (exact) mass is 540 g/mol. The Labute approximate surface area is 225 Å². The van der Waals surface area contributed by atoms with E-state index in [0.29, 0.717) is 23.5 Å². The Morgan fingerprint density at radius 2 is 1.92 bits per heavy atom. The van der Waals surface area contributed by atoms with E-state index in [1.165, 1.54) is 0 Å². The lowest BCUT2D eigenvalue weighted by atomic mass is 9.98. The van der Waals surface area contributed by atoms with E-state index in [-0.39, 0.29) is 30.4 Å². The predicted molar refractivity (Wildman–Crippen MR) is 144 cm³/mol. The topological polar surface area (TPSA) is 91.4 Å². The van der Waals surface area contributed by atoms with Gasteiger partial charge in [0.05, 0.1) is 30.5 Å². The summed E-state index contributed by atoms with van der Waals surface area (Å²) in [4.78, 5) is 22.4. The molecule has 0 aliphatic carbocycles. The summed E-state index contributed by atoms with van der Waals surface area (Å²) in [6.45, 7) is 5.61. The van der Waals surface area contributed by atoms with Gasteiger partial charge in [0.2, 0.25) is 11.9 Å². The fraction of sp³-hybridized carbons (Fsp3) is 0.393. The van der Waals surface area contributed by atoms with Gasteiger partial charge in [-0.15, -0.1) is 0 Å². The molecule has 1 saturated heterocycles. The van der Waals surface area contributed by atoms with E-state index in [1.54, 1.807) is 19.2 Å². The molecule has 3 aromatic rings. The molecule has 3 heterocycles. The number of benzene rings is 2. The number of aryl methyl sites for hydroxylation is 3. The first-order chi connectivity index (χ1) is 18.8. The van der Waals surface area contributed by atoms with Gasteiger partial charge in [-0.25, -0.2) is 9.97 Å². The summed E-state index contributed by atoms with van der Waals surface area (Å²) >= 11 is 0.